The number of halogens is 7. The molecular weight excluding hydrogens is 440 g/mol. The molecule has 2 unspecified atom stereocenters. The second kappa shape index (κ2) is 7.58. The number of hydrogen-bond donors (Lipinski definition) is 1. The SMILES string of the molecule is Cl.O=C(/C=C\n1cnc(-c2cc(C(F)(F)F)cc(C(F)(F)F)c2)n1)N1C2CNCC21. The Morgan fingerprint density at radius 3 is 2.13 bits per heavy atom. The van der Waals surface area contributed by atoms with E-state index in [4.69, 9.17) is 0 Å². The molecule has 0 bridgehead atoms. The lowest BCUT2D eigenvalue weighted by Gasteiger charge is -2.13. The number of nitrogens with zero attached hydrogens (tertiary/aromatic N) is 4. The lowest BCUT2D eigenvalue weighted by molar-refractivity contribution is -0.143. The van der Waals surface area contributed by atoms with Gasteiger partial charge in [-0.2, -0.15) is 26.3 Å². The van der Waals surface area contributed by atoms with E-state index in [-0.39, 0.29) is 42.3 Å². The van der Waals surface area contributed by atoms with Gasteiger partial charge in [-0.25, -0.2) is 9.67 Å². The summed E-state index contributed by atoms with van der Waals surface area (Å²) in [5, 5.41) is 6.98. The summed E-state index contributed by atoms with van der Waals surface area (Å²) >= 11 is 0. The van der Waals surface area contributed by atoms with Crippen LogP contribution in [0.3, 0.4) is 0 Å². The maximum absolute atomic E-state index is 13.0. The van der Waals surface area contributed by atoms with Crippen molar-refractivity contribution in [3.63, 3.8) is 0 Å². The molecule has 3 heterocycles. The maximum atomic E-state index is 13.0. The van der Waals surface area contributed by atoms with E-state index in [0.717, 1.165) is 24.1 Å². The van der Waals surface area contributed by atoms with Gasteiger partial charge < -0.3 is 10.2 Å². The summed E-state index contributed by atoms with van der Waals surface area (Å²) in [6.45, 7) is 1.43. The Balaban J connectivity index is 0.00000256. The van der Waals surface area contributed by atoms with Crippen molar-refractivity contribution in [1.29, 1.82) is 0 Å². The van der Waals surface area contributed by atoms with Crippen molar-refractivity contribution in [3.8, 4) is 11.4 Å². The predicted octanol–water partition coefficient (Wildman–Crippen LogP) is 3.06. The third kappa shape index (κ3) is 4.29. The van der Waals surface area contributed by atoms with Crippen LogP contribution in [0.15, 0.2) is 30.6 Å². The molecule has 0 radical (unpaired) electrons. The predicted molar refractivity (Wildman–Crippen MR) is 95.3 cm³/mol. The summed E-state index contributed by atoms with van der Waals surface area (Å²) in [6.07, 6.45) is -6.35. The van der Waals surface area contributed by atoms with Crippen LogP contribution in [0.1, 0.15) is 11.1 Å². The fourth-order valence-corrected chi connectivity index (χ4v) is 3.30. The molecule has 30 heavy (non-hydrogen) atoms. The first-order valence-electron chi connectivity index (χ1n) is 8.46. The lowest BCUT2D eigenvalue weighted by atomic mass is 10.0. The van der Waals surface area contributed by atoms with Crippen molar-refractivity contribution in [2.75, 3.05) is 13.1 Å². The first-order valence-corrected chi connectivity index (χ1v) is 8.46. The number of rotatable bonds is 3. The van der Waals surface area contributed by atoms with E-state index < -0.39 is 29.0 Å². The first kappa shape index (κ1) is 22.1. The fourth-order valence-electron chi connectivity index (χ4n) is 3.30. The van der Waals surface area contributed by atoms with Gasteiger partial charge in [-0.3, -0.25) is 4.79 Å². The quantitative estimate of drug-likeness (QED) is 0.441. The van der Waals surface area contributed by atoms with Crippen molar-refractivity contribution in [3.05, 3.63) is 41.7 Å². The average molecular weight is 454 g/mol. The number of carbonyl (C=O) groups is 1. The van der Waals surface area contributed by atoms with Crippen LogP contribution >= 0.6 is 12.4 Å². The maximum Gasteiger partial charge on any atom is 0.416 e. The van der Waals surface area contributed by atoms with Crippen LogP contribution in [-0.2, 0) is 17.1 Å². The zero-order valence-electron chi connectivity index (χ0n) is 14.9. The van der Waals surface area contributed by atoms with Crippen LogP contribution in [0.4, 0.5) is 26.3 Å². The van der Waals surface area contributed by atoms with Crippen molar-refractivity contribution in [2.24, 2.45) is 0 Å². The summed E-state index contributed by atoms with van der Waals surface area (Å²) in [5.74, 6) is -0.580. The standard InChI is InChI=1S/C17H13F6N5O.ClH/c18-16(19,20)10-3-9(4-11(5-10)17(21,22)23)15-25-8-27(26-15)2-1-14(29)28-12-6-24-7-13(12)28;/h1-5,8,12-13,24H,6-7H2;1H/b2-1-;. The Kier molecular flexibility index (Phi) is 5.58. The molecule has 2 saturated heterocycles. The fraction of sp³-hybridized carbons (Fsp3) is 0.353. The molecule has 162 valence electrons. The van der Waals surface area contributed by atoms with Gasteiger partial charge in [0.1, 0.15) is 6.33 Å². The van der Waals surface area contributed by atoms with Crippen molar-refractivity contribution in [2.45, 2.75) is 24.4 Å². The van der Waals surface area contributed by atoms with E-state index in [2.05, 4.69) is 15.4 Å². The molecule has 2 aliphatic heterocycles. The molecule has 2 atom stereocenters. The average Bonchev–Trinajstić information content (AvgIpc) is 3.01. The minimum Gasteiger partial charge on any atom is -0.326 e. The summed E-state index contributed by atoms with van der Waals surface area (Å²) < 4.78 is 78.9. The van der Waals surface area contributed by atoms with Crippen LogP contribution in [0.5, 0.6) is 0 Å². The number of alkyl halides is 6. The molecule has 0 aliphatic carbocycles. The van der Waals surface area contributed by atoms with Gasteiger partial charge in [-0.15, -0.1) is 17.5 Å². The minimum absolute atomic E-state index is 0. The Morgan fingerprint density at radius 2 is 1.60 bits per heavy atom. The van der Waals surface area contributed by atoms with Gasteiger partial charge >= 0.3 is 12.4 Å². The van der Waals surface area contributed by atoms with Gasteiger partial charge in [0, 0.05) is 30.9 Å². The Morgan fingerprint density at radius 1 is 1.03 bits per heavy atom. The molecule has 1 N–H and O–H groups in total. The molecule has 1 amide bonds. The van der Waals surface area contributed by atoms with Gasteiger partial charge in [0.15, 0.2) is 5.82 Å². The molecule has 1 aromatic heterocycles. The van der Waals surface area contributed by atoms with E-state index >= 15 is 0 Å². The Hall–Kier alpha value is -2.60. The van der Waals surface area contributed by atoms with Crippen molar-refractivity contribution in [1.82, 2.24) is 25.0 Å². The number of amides is 1. The van der Waals surface area contributed by atoms with E-state index in [1.165, 1.54) is 12.3 Å². The van der Waals surface area contributed by atoms with Gasteiger partial charge in [-0.05, 0) is 18.2 Å². The molecule has 6 nitrogen and oxygen atoms in total. The molecule has 4 rings (SSSR count). The largest absolute Gasteiger partial charge is 0.416 e. The highest BCUT2D eigenvalue weighted by Crippen LogP contribution is 2.38. The topological polar surface area (TPSA) is 62.8 Å². The monoisotopic (exact) mass is 453 g/mol. The molecule has 0 spiro atoms. The third-order valence-corrected chi connectivity index (χ3v) is 4.75. The molecule has 1 aromatic carbocycles. The minimum atomic E-state index is -4.96. The summed E-state index contributed by atoms with van der Waals surface area (Å²) in [5.41, 5.74) is -3.34. The van der Waals surface area contributed by atoms with Crippen LogP contribution < -0.4 is 5.32 Å². The van der Waals surface area contributed by atoms with Gasteiger partial charge in [0.05, 0.1) is 23.2 Å². The third-order valence-electron chi connectivity index (χ3n) is 4.75. The number of carbonyl (C=O) groups excluding carboxylic acids is 1. The van der Waals surface area contributed by atoms with Crippen LogP contribution in [0.25, 0.3) is 17.6 Å². The number of hydrogen-bond acceptors (Lipinski definition) is 4. The van der Waals surface area contributed by atoms with E-state index in [0.29, 0.717) is 12.1 Å². The molecule has 2 aromatic rings. The number of aromatic nitrogens is 3. The van der Waals surface area contributed by atoms with E-state index in [1.54, 1.807) is 4.90 Å². The highest BCUT2D eigenvalue weighted by molar-refractivity contribution is 5.92. The number of nitrogens with one attached hydrogen (secondary N) is 1. The molecule has 13 heteroatoms. The number of benzene rings is 1. The summed E-state index contributed by atoms with van der Waals surface area (Å²) in [7, 11) is 0. The zero-order chi connectivity index (χ0) is 21.0. The van der Waals surface area contributed by atoms with Gasteiger partial charge in [0.25, 0.3) is 0 Å². The lowest BCUT2D eigenvalue weighted by Crippen LogP contribution is -2.26. The Bertz CT molecular complexity index is 943. The molecule has 0 saturated carbocycles. The zero-order valence-corrected chi connectivity index (χ0v) is 15.7. The van der Waals surface area contributed by atoms with E-state index in [9.17, 15) is 31.1 Å². The number of piperazine rings is 1. The van der Waals surface area contributed by atoms with Crippen LogP contribution in [0.2, 0.25) is 0 Å². The Labute approximate surface area is 172 Å². The normalized spacial score (nSPS) is 20.9. The number of fused-ring (bicyclic) bond motifs is 1. The van der Waals surface area contributed by atoms with E-state index in [1.807, 2.05) is 0 Å². The molecule has 2 aliphatic rings. The van der Waals surface area contributed by atoms with Gasteiger partial charge in [0.2, 0.25) is 5.91 Å². The highest BCUT2D eigenvalue weighted by Gasteiger charge is 2.52. The molecular formula is C17H14ClF6N5O. The van der Waals surface area contributed by atoms with Crippen LogP contribution in [-0.4, -0.2) is 50.7 Å². The first-order chi connectivity index (χ1) is 13.5. The molecule has 2 fully saturated rings. The summed E-state index contributed by atoms with van der Waals surface area (Å²) in [6, 6.07) is 1.45. The smallest absolute Gasteiger partial charge is 0.326 e. The van der Waals surface area contributed by atoms with Crippen LogP contribution in [0, 0.1) is 0 Å². The van der Waals surface area contributed by atoms with Crippen molar-refractivity contribution < 1.29 is 31.1 Å². The van der Waals surface area contributed by atoms with Crippen molar-refractivity contribution >= 4 is 24.5 Å². The van der Waals surface area contributed by atoms with Gasteiger partial charge in [-0.1, -0.05) is 0 Å². The summed E-state index contributed by atoms with van der Waals surface area (Å²) in [4.78, 5) is 17.5. The second-order valence-electron chi connectivity index (χ2n) is 6.70. The second-order valence-corrected chi connectivity index (χ2v) is 6.70. The highest BCUT2D eigenvalue weighted by atomic mass is 35.5.